The monoisotopic (exact) mass is 476 g/mol. The molecule has 9 heteroatoms. The van der Waals surface area contributed by atoms with Crippen LogP contribution in [-0.2, 0) is 14.6 Å². The Labute approximate surface area is 193 Å². The van der Waals surface area contributed by atoms with E-state index >= 15 is 0 Å². The van der Waals surface area contributed by atoms with Gasteiger partial charge in [0.25, 0.3) is 0 Å². The van der Waals surface area contributed by atoms with E-state index in [2.05, 4.69) is 0 Å². The number of carbonyl (C=O) groups is 1. The zero-order valence-corrected chi connectivity index (χ0v) is 19.4. The normalized spacial score (nSPS) is 21.7. The molecular weight excluding hydrogens is 447 g/mol. The molecule has 0 aromatic heterocycles. The summed E-state index contributed by atoms with van der Waals surface area (Å²) in [6.45, 7) is 1.71. The van der Waals surface area contributed by atoms with Crippen LogP contribution in [0.3, 0.4) is 0 Å². The molecule has 2 aromatic carbocycles. The summed E-state index contributed by atoms with van der Waals surface area (Å²) in [6.07, 6.45) is 4.28. The second-order valence-corrected chi connectivity index (χ2v) is 10.6. The molecule has 0 spiro atoms. The van der Waals surface area contributed by atoms with Gasteiger partial charge < -0.3 is 20.8 Å². The van der Waals surface area contributed by atoms with Crippen molar-refractivity contribution in [3.05, 3.63) is 66.0 Å². The molecule has 0 saturated carbocycles. The van der Waals surface area contributed by atoms with Gasteiger partial charge in [0.2, 0.25) is 0 Å². The van der Waals surface area contributed by atoms with E-state index in [4.69, 9.17) is 10.8 Å². The Balaban J connectivity index is 2.11. The molecule has 1 heterocycles. The number of sulfone groups is 1. The van der Waals surface area contributed by atoms with Crippen LogP contribution in [0.2, 0.25) is 0 Å². The molecule has 0 fully saturated rings. The van der Waals surface area contributed by atoms with Crippen molar-refractivity contribution in [2.45, 2.75) is 36.7 Å². The van der Waals surface area contributed by atoms with Gasteiger partial charge >= 0.3 is 5.97 Å². The van der Waals surface area contributed by atoms with Gasteiger partial charge in [0.05, 0.1) is 16.5 Å². The third-order valence-corrected chi connectivity index (χ3v) is 7.20. The average molecular weight is 477 g/mol. The predicted molar refractivity (Wildman–Crippen MR) is 125 cm³/mol. The summed E-state index contributed by atoms with van der Waals surface area (Å²) in [5.74, 6) is -2.80. The largest absolute Gasteiger partial charge is 0.481 e. The number of unbranched alkanes of at least 4 members (excludes halogenated alkanes) is 1. The number of benzene rings is 2. The molecule has 7 nitrogen and oxygen atoms in total. The highest BCUT2D eigenvalue weighted by atomic mass is 32.2. The summed E-state index contributed by atoms with van der Waals surface area (Å²) in [4.78, 5) is 14.1. The Morgan fingerprint density at radius 1 is 1.15 bits per heavy atom. The summed E-state index contributed by atoms with van der Waals surface area (Å²) in [7, 11) is -3.38. The molecule has 4 N–H and O–H groups in total. The van der Waals surface area contributed by atoms with E-state index in [0.29, 0.717) is 36.2 Å². The second-order valence-electron chi connectivity index (χ2n) is 8.58. The first-order valence-electron chi connectivity index (χ1n) is 10.7. The van der Waals surface area contributed by atoms with E-state index in [1.807, 2.05) is 0 Å². The number of halogens is 1. The zero-order chi connectivity index (χ0) is 24.4. The summed E-state index contributed by atoms with van der Waals surface area (Å²) < 4.78 is 37.3. The minimum atomic E-state index is -3.38. The molecule has 0 radical (unpaired) electrons. The summed E-state index contributed by atoms with van der Waals surface area (Å²) >= 11 is 0. The van der Waals surface area contributed by atoms with E-state index in [1.54, 1.807) is 42.2 Å². The minimum absolute atomic E-state index is 0.0215. The number of aliphatic hydroxyl groups is 1. The maximum atomic E-state index is 13.6. The quantitative estimate of drug-likeness (QED) is 0.475. The Morgan fingerprint density at radius 3 is 2.27 bits per heavy atom. The Hall–Kier alpha value is -2.75. The van der Waals surface area contributed by atoms with Gasteiger partial charge in [-0.15, -0.1) is 0 Å². The van der Waals surface area contributed by atoms with Crippen molar-refractivity contribution in [3.8, 4) is 0 Å². The first-order valence-corrected chi connectivity index (χ1v) is 12.6. The van der Waals surface area contributed by atoms with E-state index in [9.17, 15) is 22.7 Å². The van der Waals surface area contributed by atoms with Crippen LogP contribution in [0.25, 0.3) is 5.70 Å². The Kier molecular flexibility index (Phi) is 7.26. The molecule has 0 aliphatic carbocycles. The van der Waals surface area contributed by atoms with Gasteiger partial charge in [0.15, 0.2) is 9.84 Å². The molecule has 3 rings (SSSR count). The van der Waals surface area contributed by atoms with Crippen molar-refractivity contribution in [1.29, 1.82) is 0 Å². The topological polar surface area (TPSA) is 121 Å². The lowest BCUT2D eigenvalue weighted by atomic mass is 9.80. The maximum absolute atomic E-state index is 13.6. The molecule has 1 aliphatic heterocycles. The minimum Gasteiger partial charge on any atom is -0.481 e. The fourth-order valence-corrected chi connectivity index (χ4v) is 5.01. The average Bonchev–Trinajstić information content (AvgIpc) is 3.02. The molecule has 3 atom stereocenters. The van der Waals surface area contributed by atoms with Gasteiger partial charge in [0, 0.05) is 30.2 Å². The smallest absolute Gasteiger partial charge is 0.307 e. The van der Waals surface area contributed by atoms with Gasteiger partial charge in [-0.25, -0.2) is 12.8 Å². The summed E-state index contributed by atoms with van der Waals surface area (Å²) in [5.41, 5.74) is 7.47. The third-order valence-electron chi connectivity index (χ3n) is 6.07. The molecule has 178 valence electrons. The number of aliphatic carboxylic acids is 1. The first-order chi connectivity index (χ1) is 15.5. The lowest BCUT2D eigenvalue weighted by molar-refractivity contribution is -0.144. The highest BCUT2D eigenvalue weighted by molar-refractivity contribution is 7.90. The van der Waals surface area contributed by atoms with Crippen LogP contribution in [-0.4, -0.2) is 43.1 Å². The number of rotatable bonds is 9. The number of aliphatic hydroxyl groups excluding tert-OH is 1. The number of carboxylic acid groups (broad SMARTS) is 1. The van der Waals surface area contributed by atoms with Crippen LogP contribution in [0.5, 0.6) is 0 Å². The van der Waals surface area contributed by atoms with Crippen LogP contribution in [0.4, 0.5) is 10.1 Å². The second kappa shape index (κ2) is 9.62. The predicted octanol–water partition coefficient (Wildman–Crippen LogP) is 3.24. The third kappa shape index (κ3) is 5.26. The number of nitrogens with two attached hydrogens (primary N) is 1. The van der Waals surface area contributed by atoms with Crippen LogP contribution in [0, 0.1) is 17.7 Å². The number of carboxylic acids is 1. The molecule has 1 aliphatic rings. The SMILES string of the molecule is C[C@@]1(N)C([C@@H](CCCCO)C(=O)O)C=C(c2ccc(S(C)(=O)=O)cc2)N1c1ccc(F)cc1. The van der Waals surface area contributed by atoms with Gasteiger partial charge in [-0.05, 0) is 61.7 Å². The molecule has 33 heavy (non-hydrogen) atoms. The van der Waals surface area contributed by atoms with Crippen molar-refractivity contribution in [1.82, 2.24) is 0 Å². The van der Waals surface area contributed by atoms with E-state index in [1.165, 1.54) is 24.3 Å². The number of hydrogen-bond acceptors (Lipinski definition) is 6. The van der Waals surface area contributed by atoms with Crippen molar-refractivity contribution in [2.24, 2.45) is 17.6 Å². The highest BCUT2D eigenvalue weighted by Crippen LogP contribution is 2.46. The Bertz CT molecular complexity index is 1130. The lowest BCUT2D eigenvalue weighted by Crippen LogP contribution is -2.56. The lowest BCUT2D eigenvalue weighted by Gasteiger charge is -2.41. The van der Waals surface area contributed by atoms with Crippen LogP contribution in [0.15, 0.2) is 59.5 Å². The Morgan fingerprint density at radius 2 is 1.76 bits per heavy atom. The number of anilines is 1. The summed E-state index contributed by atoms with van der Waals surface area (Å²) in [6, 6.07) is 12.0. The van der Waals surface area contributed by atoms with Gasteiger partial charge in [0.1, 0.15) is 5.82 Å². The molecule has 0 saturated heterocycles. The van der Waals surface area contributed by atoms with Gasteiger partial charge in [-0.3, -0.25) is 4.79 Å². The fourth-order valence-electron chi connectivity index (χ4n) is 4.38. The van der Waals surface area contributed by atoms with Crippen molar-refractivity contribution >= 4 is 27.2 Å². The molecule has 2 aromatic rings. The van der Waals surface area contributed by atoms with Crippen molar-refractivity contribution < 1.29 is 27.8 Å². The van der Waals surface area contributed by atoms with E-state index < -0.39 is 39.1 Å². The zero-order valence-electron chi connectivity index (χ0n) is 18.6. The van der Waals surface area contributed by atoms with Crippen LogP contribution < -0.4 is 10.6 Å². The fraction of sp³-hybridized carbons (Fsp3) is 0.375. The summed E-state index contributed by atoms with van der Waals surface area (Å²) in [5, 5.41) is 19.1. The van der Waals surface area contributed by atoms with Crippen LogP contribution in [0.1, 0.15) is 31.7 Å². The van der Waals surface area contributed by atoms with Gasteiger partial charge in [-0.1, -0.05) is 24.6 Å². The molecular formula is C24H29FN2O5S. The maximum Gasteiger partial charge on any atom is 0.307 e. The van der Waals surface area contributed by atoms with E-state index in [-0.39, 0.29) is 11.5 Å². The standard InChI is InChI=1S/C24H29FN2O5S/c1-24(26)21(20(23(29)30)5-3-4-14-28)15-22(27(24)18-10-8-17(25)9-11-18)16-6-12-19(13-7-16)33(2,31)32/h6-13,15,20-21,28H,3-5,14,26H2,1-2H3,(H,29,30)/t20-,21?,24+/m1/s1. The molecule has 0 amide bonds. The number of nitrogens with zero attached hydrogens (tertiary/aromatic N) is 1. The highest BCUT2D eigenvalue weighted by Gasteiger charge is 2.48. The first kappa shape index (κ1) is 24.9. The molecule has 1 unspecified atom stereocenters. The van der Waals surface area contributed by atoms with Crippen LogP contribution >= 0.6 is 0 Å². The van der Waals surface area contributed by atoms with E-state index in [0.717, 1.165) is 6.26 Å². The molecule has 0 bridgehead atoms. The number of hydrogen-bond donors (Lipinski definition) is 3. The van der Waals surface area contributed by atoms with Gasteiger partial charge in [-0.2, -0.15) is 0 Å². The van der Waals surface area contributed by atoms with Crippen molar-refractivity contribution in [3.63, 3.8) is 0 Å². The van der Waals surface area contributed by atoms with Crippen molar-refractivity contribution in [2.75, 3.05) is 17.8 Å².